The molecule has 6 heteroatoms. The highest BCUT2D eigenvalue weighted by molar-refractivity contribution is 14.1. The molecule has 0 bridgehead atoms. The van der Waals surface area contributed by atoms with Gasteiger partial charge in [-0.2, -0.15) is 13.2 Å². The standard InChI is InChI=1S/C8H5F4IO/c1-14-5-3-2-4(8(10,11)12)7(13)6(5)9/h2-3H,1H3. The average Bonchev–Trinajstić information content (AvgIpc) is 2.07. The van der Waals surface area contributed by atoms with Crippen molar-refractivity contribution in [1.82, 2.24) is 0 Å². The maximum absolute atomic E-state index is 13.2. The summed E-state index contributed by atoms with van der Waals surface area (Å²) < 4.78 is 54.0. The second-order valence-corrected chi connectivity index (χ2v) is 3.52. The molecule has 0 aliphatic carbocycles. The number of benzene rings is 1. The van der Waals surface area contributed by atoms with Gasteiger partial charge in [0.25, 0.3) is 0 Å². The molecule has 0 aliphatic rings. The fourth-order valence-electron chi connectivity index (χ4n) is 0.908. The summed E-state index contributed by atoms with van der Waals surface area (Å²) >= 11 is 1.30. The Morgan fingerprint density at radius 2 is 1.86 bits per heavy atom. The van der Waals surface area contributed by atoms with Crippen molar-refractivity contribution < 1.29 is 22.3 Å². The van der Waals surface area contributed by atoms with Crippen molar-refractivity contribution in [2.75, 3.05) is 7.11 Å². The van der Waals surface area contributed by atoms with Gasteiger partial charge in [0.1, 0.15) is 0 Å². The molecule has 1 aromatic carbocycles. The number of hydrogen-bond acceptors (Lipinski definition) is 1. The molecule has 0 unspecified atom stereocenters. The van der Waals surface area contributed by atoms with Crippen LogP contribution in [0, 0.1) is 9.39 Å². The minimum absolute atomic E-state index is 0.192. The number of rotatable bonds is 1. The molecule has 0 N–H and O–H groups in total. The zero-order valence-corrected chi connectivity index (χ0v) is 9.11. The van der Waals surface area contributed by atoms with Crippen LogP contribution in [0.25, 0.3) is 0 Å². The molecule has 0 heterocycles. The summed E-state index contributed by atoms with van der Waals surface area (Å²) in [5.74, 6) is -1.18. The van der Waals surface area contributed by atoms with E-state index in [-0.39, 0.29) is 5.75 Å². The Bertz CT molecular complexity index is 348. The number of methoxy groups -OCH3 is 1. The van der Waals surface area contributed by atoms with E-state index in [1.54, 1.807) is 0 Å². The van der Waals surface area contributed by atoms with Crippen LogP contribution in [-0.4, -0.2) is 7.11 Å². The summed E-state index contributed by atoms with van der Waals surface area (Å²) in [6, 6.07) is 1.75. The maximum Gasteiger partial charge on any atom is 0.417 e. The first kappa shape index (κ1) is 11.5. The quantitative estimate of drug-likeness (QED) is 0.569. The molecule has 0 amide bonds. The van der Waals surface area contributed by atoms with E-state index in [9.17, 15) is 17.6 Å². The summed E-state index contributed by atoms with van der Waals surface area (Å²) in [6.45, 7) is 0. The fourth-order valence-corrected chi connectivity index (χ4v) is 1.66. The molecule has 78 valence electrons. The molecule has 0 aliphatic heterocycles. The van der Waals surface area contributed by atoms with E-state index in [4.69, 9.17) is 0 Å². The molecule has 0 saturated carbocycles. The molecule has 14 heavy (non-hydrogen) atoms. The van der Waals surface area contributed by atoms with Crippen LogP contribution in [0.4, 0.5) is 17.6 Å². The van der Waals surface area contributed by atoms with E-state index < -0.39 is 21.1 Å². The van der Waals surface area contributed by atoms with Crippen molar-refractivity contribution >= 4 is 22.6 Å². The highest BCUT2D eigenvalue weighted by atomic mass is 127. The number of alkyl halides is 3. The molecular formula is C8H5F4IO. The van der Waals surface area contributed by atoms with Crippen molar-refractivity contribution in [2.24, 2.45) is 0 Å². The van der Waals surface area contributed by atoms with Crippen molar-refractivity contribution in [1.29, 1.82) is 0 Å². The van der Waals surface area contributed by atoms with Crippen LogP contribution in [-0.2, 0) is 6.18 Å². The van der Waals surface area contributed by atoms with E-state index in [1.165, 1.54) is 29.7 Å². The minimum Gasteiger partial charge on any atom is -0.494 e. The molecule has 1 nitrogen and oxygen atoms in total. The lowest BCUT2D eigenvalue weighted by molar-refractivity contribution is -0.138. The summed E-state index contributed by atoms with van der Waals surface area (Å²) in [5.41, 5.74) is -0.989. The lowest BCUT2D eigenvalue weighted by Crippen LogP contribution is -2.09. The van der Waals surface area contributed by atoms with E-state index >= 15 is 0 Å². The highest BCUT2D eigenvalue weighted by Gasteiger charge is 2.34. The molecule has 0 spiro atoms. The predicted octanol–water partition coefficient (Wildman–Crippen LogP) is 3.46. The minimum atomic E-state index is -4.54. The largest absolute Gasteiger partial charge is 0.494 e. The fraction of sp³-hybridized carbons (Fsp3) is 0.250. The van der Waals surface area contributed by atoms with Gasteiger partial charge in [-0.15, -0.1) is 0 Å². The first-order valence-corrected chi connectivity index (χ1v) is 4.55. The molecule has 0 atom stereocenters. The van der Waals surface area contributed by atoms with Gasteiger partial charge < -0.3 is 4.74 Å². The average molecular weight is 320 g/mol. The van der Waals surface area contributed by atoms with Crippen LogP contribution in [0.5, 0.6) is 5.75 Å². The molecule has 0 aromatic heterocycles. The zero-order chi connectivity index (χ0) is 10.9. The number of ether oxygens (including phenoxy) is 1. The lowest BCUT2D eigenvalue weighted by atomic mass is 10.2. The van der Waals surface area contributed by atoms with Gasteiger partial charge in [0, 0.05) is 0 Å². The molecular weight excluding hydrogens is 315 g/mol. The summed E-state index contributed by atoms with van der Waals surface area (Å²) in [4.78, 5) is 0. The SMILES string of the molecule is COc1ccc(C(F)(F)F)c(I)c1F. The zero-order valence-electron chi connectivity index (χ0n) is 6.95. The smallest absolute Gasteiger partial charge is 0.417 e. The summed E-state index contributed by atoms with van der Waals surface area (Å²) in [6.07, 6.45) is -4.54. The topological polar surface area (TPSA) is 9.23 Å². The van der Waals surface area contributed by atoms with Crippen LogP contribution >= 0.6 is 22.6 Å². The van der Waals surface area contributed by atoms with Crippen LogP contribution in [0.15, 0.2) is 12.1 Å². The molecule has 1 rings (SSSR count). The van der Waals surface area contributed by atoms with Crippen molar-refractivity contribution in [3.8, 4) is 5.75 Å². The molecule has 1 aromatic rings. The van der Waals surface area contributed by atoms with Gasteiger partial charge in [-0.3, -0.25) is 0 Å². The van der Waals surface area contributed by atoms with Crippen molar-refractivity contribution in [2.45, 2.75) is 6.18 Å². The predicted molar refractivity (Wildman–Crippen MR) is 50.7 cm³/mol. The van der Waals surface area contributed by atoms with E-state index in [2.05, 4.69) is 4.74 Å². The van der Waals surface area contributed by atoms with Crippen LogP contribution in [0.2, 0.25) is 0 Å². The Morgan fingerprint density at radius 1 is 1.29 bits per heavy atom. The van der Waals surface area contributed by atoms with Gasteiger partial charge in [0.05, 0.1) is 16.2 Å². The maximum atomic E-state index is 13.2. The third-order valence-electron chi connectivity index (χ3n) is 1.57. The van der Waals surface area contributed by atoms with E-state index in [0.29, 0.717) is 0 Å². The first-order chi connectivity index (χ1) is 6.38. The van der Waals surface area contributed by atoms with E-state index in [1.807, 2.05) is 0 Å². The second-order valence-electron chi connectivity index (χ2n) is 2.44. The van der Waals surface area contributed by atoms with Gasteiger partial charge in [0.15, 0.2) is 11.6 Å². The summed E-state index contributed by atoms with van der Waals surface area (Å²) in [5, 5.41) is 0. The molecule has 0 saturated heterocycles. The Morgan fingerprint density at radius 3 is 2.29 bits per heavy atom. The van der Waals surface area contributed by atoms with E-state index in [0.717, 1.165) is 12.1 Å². The number of hydrogen-bond donors (Lipinski definition) is 0. The Labute approximate surface area is 91.2 Å². The first-order valence-electron chi connectivity index (χ1n) is 3.47. The lowest BCUT2D eigenvalue weighted by Gasteiger charge is -2.11. The monoisotopic (exact) mass is 320 g/mol. The van der Waals surface area contributed by atoms with Gasteiger partial charge in [-0.05, 0) is 34.7 Å². The Hall–Kier alpha value is -0.530. The Kier molecular flexibility index (Phi) is 3.23. The van der Waals surface area contributed by atoms with Crippen molar-refractivity contribution in [3.05, 3.63) is 27.1 Å². The van der Waals surface area contributed by atoms with Crippen molar-refractivity contribution in [3.63, 3.8) is 0 Å². The third kappa shape index (κ3) is 2.10. The Balaban J connectivity index is 3.31. The van der Waals surface area contributed by atoms with Crippen LogP contribution < -0.4 is 4.74 Å². The van der Waals surface area contributed by atoms with Crippen LogP contribution in [0.3, 0.4) is 0 Å². The number of halogens is 5. The van der Waals surface area contributed by atoms with Gasteiger partial charge >= 0.3 is 6.18 Å². The van der Waals surface area contributed by atoms with Gasteiger partial charge in [-0.1, -0.05) is 0 Å². The molecule has 0 fully saturated rings. The van der Waals surface area contributed by atoms with Crippen LogP contribution in [0.1, 0.15) is 5.56 Å². The normalized spacial score (nSPS) is 11.6. The van der Waals surface area contributed by atoms with Gasteiger partial charge in [-0.25, -0.2) is 4.39 Å². The van der Waals surface area contributed by atoms with Gasteiger partial charge in [0.2, 0.25) is 0 Å². The second kappa shape index (κ2) is 3.92. The third-order valence-corrected chi connectivity index (χ3v) is 2.63. The highest BCUT2D eigenvalue weighted by Crippen LogP contribution is 2.36. The molecule has 0 radical (unpaired) electrons. The summed E-state index contributed by atoms with van der Waals surface area (Å²) in [7, 11) is 1.20.